The molecule has 0 atom stereocenters. The third-order valence-electron chi connectivity index (χ3n) is 2.90. The van der Waals surface area contributed by atoms with Crippen molar-refractivity contribution in [1.29, 1.82) is 0 Å². The number of H-pyrrole nitrogens is 1. The molecular formula is C14H20N4O. The molecule has 4 N–H and O–H groups in total. The van der Waals surface area contributed by atoms with Crippen LogP contribution in [0.15, 0.2) is 24.3 Å². The highest BCUT2D eigenvalue weighted by Gasteiger charge is 2.20. The van der Waals surface area contributed by atoms with Crippen LogP contribution in [0, 0.1) is 0 Å². The second kappa shape index (κ2) is 5.40. The van der Waals surface area contributed by atoms with Crippen LogP contribution < -0.4 is 11.1 Å². The smallest absolute Gasteiger partial charge is 0.239 e. The fourth-order valence-corrected chi connectivity index (χ4v) is 1.81. The van der Waals surface area contributed by atoms with Crippen molar-refractivity contribution in [3.05, 3.63) is 30.1 Å². The Hall–Kier alpha value is -1.88. The van der Waals surface area contributed by atoms with Gasteiger partial charge < -0.3 is 16.0 Å². The number of aryl methyl sites for hydroxylation is 1. The first-order chi connectivity index (χ1) is 8.97. The molecule has 0 bridgehead atoms. The average molecular weight is 260 g/mol. The van der Waals surface area contributed by atoms with Crippen LogP contribution in [0.3, 0.4) is 0 Å². The maximum absolute atomic E-state index is 11.6. The fourth-order valence-electron chi connectivity index (χ4n) is 1.81. The van der Waals surface area contributed by atoms with E-state index in [4.69, 9.17) is 5.73 Å². The first kappa shape index (κ1) is 13.5. The van der Waals surface area contributed by atoms with E-state index in [0.717, 1.165) is 29.7 Å². The Balaban J connectivity index is 1.81. The molecule has 1 aromatic heterocycles. The van der Waals surface area contributed by atoms with Crippen LogP contribution >= 0.6 is 0 Å². The molecule has 5 heteroatoms. The molecule has 2 rings (SSSR count). The topological polar surface area (TPSA) is 83.8 Å². The zero-order chi connectivity index (χ0) is 13.9. The monoisotopic (exact) mass is 260 g/mol. The number of nitrogens with zero attached hydrogens (tertiary/aromatic N) is 1. The summed E-state index contributed by atoms with van der Waals surface area (Å²) in [6.07, 6.45) is 1.64. The molecule has 0 unspecified atom stereocenters. The van der Waals surface area contributed by atoms with Gasteiger partial charge in [0.1, 0.15) is 5.82 Å². The highest BCUT2D eigenvalue weighted by molar-refractivity contribution is 5.84. The largest absolute Gasteiger partial charge is 0.355 e. The van der Waals surface area contributed by atoms with Gasteiger partial charge in [-0.3, -0.25) is 4.79 Å². The third-order valence-corrected chi connectivity index (χ3v) is 2.90. The predicted molar refractivity (Wildman–Crippen MR) is 75.7 cm³/mol. The maximum atomic E-state index is 11.6. The second-order valence-corrected chi connectivity index (χ2v) is 5.28. The molecule has 0 spiro atoms. The molecule has 0 aliphatic heterocycles. The second-order valence-electron chi connectivity index (χ2n) is 5.28. The van der Waals surface area contributed by atoms with E-state index in [-0.39, 0.29) is 5.91 Å². The number of hydrogen-bond donors (Lipinski definition) is 3. The van der Waals surface area contributed by atoms with E-state index in [1.165, 1.54) is 0 Å². The molecule has 102 valence electrons. The molecule has 19 heavy (non-hydrogen) atoms. The Morgan fingerprint density at radius 2 is 2.16 bits per heavy atom. The number of aromatic nitrogens is 2. The lowest BCUT2D eigenvalue weighted by Gasteiger charge is -2.17. The summed E-state index contributed by atoms with van der Waals surface area (Å²) in [6.45, 7) is 4.00. The van der Waals surface area contributed by atoms with Crippen LogP contribution in [0.2, 0.25) is 0 Å². The first-order valence-electron chi connectivity index (χ1n) is 6.47. The molecule has 2 aromatic rings. The Morgan fingerprint density at radius 1 is 1.42 bits per heavy atom. The minimum absolute atomic E-state index is 0.128. The lowest BCUT2D eigenvalue weighted by atomic mass is 10.1. The van der Waals surface area contributed by atoms with Gasteiger partial charge in [0.2, 0.25) is 5.91 Å². The van der Waals surface area contributed by atoms with E-state index in [0.29, 0.717) is 6.54 Å². The normalized spacial score (nSPS) is 11.7. The van der Waals surface area contributed by atoms with Crippen LogP contribution in [0.4, 0.5) is 0 Å². The van der Waals surface area contributed by atoms with Gasteiger partial charge in [-0.25, -0.2) is 4.98 Å². The number of nitrogens with one attached hydrogen (secondary N) is 2. The Bertz CT molecular complexity index is 535. The molecule has 1 aromatic carbocycles. The Kier molecular flexibility index (Phi) is 3.85. The highest BCUT2D eigenvalue weighted by atomic mass is 16.2. The zero-order valence-electron chi connectivity index (χ0n) is 11.4. The molecule has 0 aliphatic rings. The van der Waals surface area contributed by atoms with Crippen molar-refractivity contribution in [2.75, 3.05) is 6.54 Å². The number of carbonyl (C=O) groups excluding carboxylic acids is 1. The quantitative estimate of drug-likeness (QED) is 0.709. The molecule has 0 fully saturated rings. The molecular weight excluding hydrogens is 240 g/mol. The van der Waals surface area contributed by atoms with Crippen molar-refractivity contribution >= 4 is 16.9 Å². The number of amides is 1. The summed E-state index contributed by atoms with van der Waals surface area (Å²) in [5.41, 5.74) is 6.90. The number of fused-ring (bicyclic) bond motifs is 1. The van der Waals surface area contributed by atoms with Crippen molar-refractivity contribution < 1.29 is 4.79 Å². The van der Waals surface area contributed by atoms with Crippen molar-refractivity contribution in [3.8, 4) is 0 Å². The van der Waals surface area contributed by atoms with Crippen LogP contribution in [0.1, 0.15) is 26.1 Å². The van der Waals surface area contributed by atoms with Gasteiger partial charge in [-0.2, -0.15) is 0 Å². The first-order valence-corrected chi connectivity index (χ1v) is 6.47. The average Bonchev–Trinajstić information content (AvgIpc) is 2.75. The number of aromatic amines is 1. The van der Waals surface area contributed by atoms with Gasteiger partial charge in [-0.05, 0) is 32.4 Å². The van der Waals surface area contributed by atoms with Crippen molar-refractivity contribution in [1.82, 2.24) is 15.3 Å². The molecule has 1 amide bonds. The van der Waals surface area contributed by atoms with E-state index in [9.17, 15) is 4.79 Å². The summed E-state index contributed by atoms with van der Waals surface area (Å²) < 4.78 is 0. The molecule has 0 radical (unpaired) electrons. The van der Waals surface area contributed by atoms with Crippen molar-refractivity contribution in [2.24, 2.45) is 5.73 Å². The molecule has 0 saturated carbocycles. The van der Waals surface area contributed by atoms with Gasteiger partial charge in [-0.15, -0.1) is 0 Å². The van der Waals surface area contributed by atoms with Crippen molar-refractivity contribution in [3.63, 3.8) is 0 Å². The SMILES string of the molecule is CC(C)(N)C(=O)NCCCc1nc2ccccc2[nH]1. The molecule has 0 saturated heterocycles. The number of imidazole rings is 1. The standard InChI is InChI=1S/C14H20N4O/c1-14(2,15)13(19)16-9-5-8-12-17-10-6-3-4-7-11(10)18-12/h3-4,6-7H,5,8-9,15H2,1-2H3,(H,16,19)(H,17,18). The van der Waals surface area contributed by atoms with Crippen LogP contribution in [-0.4, -0.2) is 28.0 Å². The number of benzene rings is 1. The van der Waals surface area contributed by atoms with Crippen LogP contribution in [0.5, 0.6) is 0 Å². The third kappa shape index (κ3) is 3.54. The van der Waals surface area contributed by atoms with Gasteiger partial charge >= 0.3 is 0 Å². The van der Waals surface area contributed by atoms with E-state index in [2.05, 4.69) is 15.3 Å². The fraction of sp³-hybridized carbons (Fsp3) is 0.429. The Morgan fingerprint density at radius 3 is 2.84 bits per heavy atom. The minimum atomic E-state index is -0.820. The maximum Gasteiger partial charge on any atom is 0.239 e. The number of para-hydroxylation sites is 2. The molecule has 0 aliphatic carbocycles. The van der Waals surface area contributed by atoms with Gasteiger partial charge in [0.15, 0.2) is 0 Å². The number of carbonyl (C=O) groups is 1. The highest BCUT2D eigenvalue weighted by Crippen LogP contribution is 2.11. The molecule has 5 nitrogen and oxygen atoms in total. The number of hydrogen-bond acceptors (Lipinski definition) is 3. The molecule has 1 heterocycles. The number of rotatable bonds is 5. The lowest BCUT2D eigenvalue weighted by Crippen LogP contribution is -2.49. The summed E-state index contributed by atoms with van der Waals surface area (Å²) in [6, 6.07) is 7.93. The summed E-state index contributed by atoms with van der Waals surface area (Å²) in [5, 5.41) is 2.82. The van der Waals surface area contributed by atoms with Gasteiger partial charge in [0, 0.05) is 13.0 Å². The lowest BCUT2D eigenvalue weighted by molar-refractivity contribution is -0.125. The summed E-state index contributed by atoms with van der Waals surface area (Å²) in [4.78, 5) is 19.3. The Labute approximate surface area is 112 Å². The summed E-state index contributed by atoms with van der Waals surface area (Å²) >= 11 is 0. The van der Waals surface area contributed by atoms with Gasteiger partial charge in [0.25, 0.3) is 0 Å². The minimum Gasteiger partial charge on any atom is -0.355 e. The van der Waals surface area contributed by atoms with Gasteiger partial charge in [-0.1, -0.05) is 12.1 Å². The van der Waals surface area contributed by atoms with Crippen LogP contribution in [-0.2, 0) is 11.2 Å². The van der Waals surface area contributed by atoms with Gasteiger partial charge in [0.05, 0.1) is 16.6 Å². The van der Waals surface area contributed by atoms with E-state index in [1.54, 1.807) is 13.8 Å². The van der Waals surface area contributed by atoms with Crippen molar-refractivity contribution in [2.45, 2.75) is 32.2 Å². The summed E-state index contributed by atoms with van der Waals surface area (Å²) in [5.74, 6) is 0.819. The van der Waals surface area contributed by atoms with E-state index < -0.39 is 5.54 Å². The zero-order valence-corrected chi connectivity index (χ0v) is 11.4. The van der Waals surface area contributed by atoms with E-state index in [1.807, 2.05) is 24.3 Å². The predicted octanol–water partition coefficient (Wildman–Crippen LogP) is 1.35. The number of nitrogens with two attached hydrogens (primary N) is 1. The van der Waals surface area contributed by atoms with Crippen LogP contribution in [0.25, 0.3) is 11.0 Å². The summed E-state index contributed by atoms with van der Waals surface area (Å²) in [7, 11) is 0. The van der Waals surface area contributed by atoms with E-state index >= 15 is 0 Å².